The standard InChI is InChI=1S/C8H19N.C8H19O4P/c1-3-5-6-8(4-2)7-9;1-8(2)6-4-3-5-7-12-13(9,10)11/h8H,3-7,9H2,1-2H3;8H,3-7H2,1-2H3,(H2,9,10,11). The highest BCUT2D eigenvalue weighted by atomic mass is 31.2. The van der Waals surface area contributed by atoms with Gasteiger partial charge >= 0.3 is 7.82 Å². The van der Waals surface area contributed by atoms with Crippen molar-refractivity contribution in [3.63, 3.8) is 0 Å². The lowest BCUT2D eigenvalue weighted by Gasteiger charge is -2.09. The van der Waals surface area contributed by atoms with Crippen LogP contribution in [0.3, 0.4) is 0 Å². The van der Waals surface area contributed by atoms with Crippen LogP contribution in [0.4, 0.5) is 0 Å². The van der Waals surface area contributed by atoms with E-state index in [9.17, 15) is 4.57 Å². The summed E-state index contributed by atoms with van der Waals surface area (Å²) in [6.45, 7) is 9.79. The van der Waals surface area contributed by atoms with Crippen molar-refractivity contribution >= 4 is 7.82 Å². The van der Waals surface area contributed by atoms with Gasteiger partial charge in [-0.2, -0.15) is 0 Å². The minimum Gasteiger partial charge on any atom is -0.330 e. The summed E-state index contributed by atoms with van der Waals surface area (Å²) >= 11 is 0. The van der Waals surface area contributed by atoms with Crippen molar-refractivity contribution in [3.05, 3.63) is 0 Å². The third-order valence-corrected chi connectivity index (χ3v) is 4.08. The average Bonchev–Trinajstić information content (AvgIpc) is 2.43. The monoisotopic (exact) mass is 339 g/mol. The van der Waals surface area contributed by atoms with E-state index < -0.39 is 7.82 Å². The van der Waals surface area contributed by atoms with Gasteiger partial charge in [-0.1, -0.05) is 66.2 Å². The van der Waals surface area contributed by atoms with Crippen LogP contribution in [0.5, 0.6) is 0 Å². The van der Waals surface area contributed by atoms with Gasteiger partial charge in [-0.15, -0.1) is 0 Å². The summed E-state index contributed by atoms with van der Waals surface area (Å²) in [5.74, 6) is 1.48. The summed E-state index contributed by atoms with van der Waals surface area (Å²) in [5.41, 5.74) is 5.52. The molecule has 0 aliphatic rings. The molecule has 22 heavy (non-hydrogen) atoms. The van der Waals surface area contributed by atoms with Gasteiger partial charge in [-0.25, -0.2) is 4.57 Å². The van der Waals surface area contributed by atoms with Crippen molar-refractivity contribution in [3.8, 4) is 0 Å². The molecule has 0 aliphatic carbocycles. The number of rotatable bonds is 12. The van der Waals surface area contributed by atoms with E-state index in [1.807, 2.05) is 0 Å². The van der Waals surface area contributed by atoms with Gasteiger partial charge in [0.25, 0.3) is 0 Å². The van der Waals surface area contributed by atoms with E-state index >= 15 is 0 Å². The summed E-state index contributed by atoms with van der Waals surface area (Å²) in [4.78, 5) is 16.7. The second-order valence-electron chi connectivity index (χ2n) is 6.22. The van der Waals surface area contributed by atoms with Gasteiger partial charge in [0, 0.05) is 0 Å². The van der Waals surface area contributed by atoms with E-state index in [2.05, 4.69) is 32.2 Å². The number of phosphoric ester groups is 1. The van der Waals surface area contributed by atoms with Gasteiger partial charge in [-0.05, 0) is 31.2 Å². The topological polar surface area (TPSA) is 92.8 Å². The minimum absolute atomic E-state index is 0.155. The molecular weight excluding hydrogens is 301 g/mol. The molecule has 4 N–H and O–H groups in total. The Morgan fingerprint density at radius 1 is 1.05 bits per heavy atom. The Bertz CT molecular complexity index is 265. The van der Waals surface area contributed by atoms with Crippen LogP contribution in [0.15, 0.2) is 0 Å². The van der Waals surface area contributed by atoms with Crippen LogP contribution in [0.1, 0.15) is 79.1 Å². The smallest absolute Gasteiger partial charge is 0.330 e. The van der Waals surface area contributed by atoms with E-state index in [0.29, 0.717) is 5.92 Å². The van der Waals surface area contributed by atoms with Crippen molar-refractivity contribution < 1.29 is 18.9 Å². The third kappa shape index (κ3) is 22.4. The second kappa shape index (κ2) is 15.9. The quantitative estimate of drug-likeness (QED) is 0.360. The first kappa shape index (κ1) is 24.3. The molecule has 1 atom stereocenters. The normalized spacial score (nSPS) is 12.9. The van der Waals surface area contributed by atoms with E-state index in [4.69, 9.17) is 15.5 Å². The highest BCUT2D eigenvalue weighted by Gasteiger charge is 2.12. The molecule has 136 valence electrons. The molecule has 0 fully saturated rings. The van der Waals surface area contributed by atoms with Crippen LogP contribution in [0.25, 0.3) is 0 Å². The van der Waals surface area contributed by atoms with Crippen LogP contribution in [-0.4, -0.2) is 22.9 Å². The zero-order valence-corrected chi connectivity index (χ0v) is 15.9. The zero-order valence-electron chi connectivity index (χ0n) is 15.0. The van der Waals surface area contributed by atoms with Crippen LogP contribution < -0.4 is 5.73 Å². The Balaban J connectivity index is 0. The summed E-state index contributed by atoms with van der Waals surface area (Å²) < 4.78 is 14.5. The molecule has 1 unspecified atom stereocenters. The van der Waals surface area contributed by atoms with Crippen molar-refractivity contribution in [2.24, 2.45) is 17.6 Å². The molecule has 0 bridgehead atoms. The molecule has 0 aromatic heterocycles. The minimum atomic E-state index is -4.23. The average molecular weight is 339 g/mol. The van der Waals surface area contributed by atoms with Crippen LogP contribution in [0.2, 0.25) is 0 Å². The van der Waals surface area contributed by atoms with Gasteiger partial charge in [0.15, 0.2) is 0 Å². The number of unbranched alkanes of at least 4 members (excludes halogenated alkanes) is 3. The SMILES string of the molecule is CC(C)CCCCCOP(=O)(O)O.CCCCC(CC)CN. The van der Waals surface area contributed by atoms with Gasteiger partial charge < -0.3 is 15.5 Å². The number of hydrogen-bond donors (Lipinski definition) is 3. The first-order chi connectivity index (χ1) is 10.3. The van der Waals surface area contributed by atoms with Crippen LogP contribution >= 0.6 is 7.82 Å². The Kier molecular flexibility index (Phi) is 17.6. The highest BCUT2D eigenvalue weighted by molar-refractivity contribution is 7.46. The van der Waals surface area contributed by atoms with Crippen LogP contribution in [-0.2, 0) is 9.09 Å². The number of nitrogens with two attached hydrogens (primary N) is 1. The van der Waals surface area contributed by atoms with Crippen molar-refractivity contribution in [1.29, 1.82) is 0 Å². The molecule has 0 rings (SSSR count). The first-order valence-electron chi connectivity index (χ1n) is 8.66. The number of hydrogen-bond acceptors (Lipinski definition) is 3. The van der Waals surface area contributed by atoms with E-state index in [-0.39, 0.29) is 6.61 Å². The van der Waals surface area contributed by atoms with Crippen molar-refractivity contribution in [2.45, 2.75) is 79.1 Å². The van der Waals surface area contributed by atoms with E-state index in [1.54, 1.807) is 0 Å². The molecule has 0 amide bonds. The zero-order chi connectivity index (χ0) is 17.4. The Morgan fingerprint density at radius 3 is 2.09 bits per heavy atom. The van der Waals surface area contributed by atoms with Gasteiger partial charge in [0.05, 0.1) is 6.61 Å². The predicted octanol–water partition coefficient (Wildman–Crippen LogP) is 4.47. The van der Waals surface area contributed by atoms with Gasteiger partial charge in [0.2, 0.25) is 0 Å². The Labute approximate surface area is 137 Å². The molecule has 0 aromatic rings. The maximum absolute atomic E-state index is 10.2. The highest BCUT2D eigenvalue weighted by Crippen LogP contribution is 2.35. The fourth-order valence-corrected chi connectivity index (χ4v) is 2.36. The maximum atomic E-state index is 10.2. The lowest BCUT2D eigenvalue weighted by molar-refractivity contribution is 0.193. The third-order valence-electron chi connectivity index (χ3n) is 3.56. The molecule has 0 radical (unpaired) electrons. The number of phosphoric acid groups is 1. The summed E-state index contributed by atoms with van der Waals surface area (Å²) in [6, 6.07) is 0. The molecule has 5 nitrogen and oxygen atoms in total. The lowest BCUT2D eigenvalue weighted by atomic mass is 10.00. The van der Waals surface area contributed by atoms with Gasteiger partial charge in [-0.3, -0.25) is 4.52 Å². The molecule has 0 aromatic carbocycles. The van der Waals surface area contributed by atoms with Crippen molar-refractivity contribution in [2.75, 3.05) is 13.2 Å². The second-order valence-corrected chi connectivity index (χ2v) is 7.46. The fourth-order valence-electron chi connectivity index (χ4n) is 2.00. The van der Waals surface area contributed by atoms with E-state index in [1.165, 1.54) is 25.7 Å². The largest absolute Gasteiger partial charge is 0.469 e. The predicted molar refractivity (Wildman–Crippen MR) is 93.7 cm³/mol. The molecule has 0 spiro atoms. The summed E-state index contributed by atoms with van der Waals surface area (Å²) in [5, 5.41) is 0. The van der Waals surface area contributed by atoms with Crippen molar-refractivity contribution in [1.82, 2.24) is 0 Å². The molecule has 0 saturated heterocycles. The summed E-state index contributed by atoms with van der Waals surface area (Å²) in [6.07, 6.45) is 9.17. The Morgan fingerprint density at radius 2 is 1.68 bits per heavy atom. The molecular formula is C16H38NO4P. The molecule has 6 heteroatoms. The first-order valence-corrected chi connectivity index (χ1v) is 10.2. The maximum Gasteiger partial charge on any atom is 0.469 e. The summed E-state index contributed by atoms with van der Waals surface area (Å²) in [7, 11) is -4.23. The van der Waals surface area contributed by atoms with Gasteiger partial charge in [0.1, 0.15) is 0 Å². The van der Waals surface area contributed by atoms with Crippen LogP contribution in [0, 0.1) is 11.8 Å². The molecule has 0 aliphatic heterocycles. The lowest BCUT2D eigenvalue weighted by Crippen LogP contribution is -2.12. The Hall–Kier alpha value is 0.0700. The molecule has 0 heterocycles. The van der Waals surface area contributed by atoms with E-state index in [0.717, 1.165) is 38.1 Å². The fraction of sp³-hybridized carbons (Fsp3) is 1.00. The molecule has 0 saturated carbocycles.